The summed E-state index contributed by atoms with van der Waals surface area (Å²) in [4.78, 5) is 21.9. The number of alkyl halides is 3. The number of halogens is 3. The highest BCUT2D eigenvalue weighted by molar-refractivity contribution is 5.91. The van der Waals surface area contributed by atoms with Crippen molar-refractivity contribution in [3.63, 3.8) is 0 Å². The van der Waals surface area contributed by atoms with Gasteiger partial charge in [-0.05, 0) is 30.3 Å². The summed E-state index contributed by atoms with van der Waals surface area (Å²) >= 11 is 0. The number of benzene rings is 2. The molecule has 0 radical (unpaired) electrons. The molecule has 0 aromatic heterocycles. The molecule has 5 nitrogen and oxygen atoms in total. The van der Waals surface area contributed by atoms with Crippen molar-refractivity contribution in [1.82, 2.24) is 0 Å². The maximum atomic E-state index is 12.4. The number of rotatable bonds is 3. The largest absolute Gasteiger partial charge is 0.416 e. The second-order valence-corrected chi connectivity index (χ2v) is 4.19. The summed E-state index contributed by atoms with van der Waals surface area (Å²) in [5.41, 5.74) is -1.47. The number of nitro groups is 1. The van der Waals surface area contributed by atoms with Gasteiger partial charge in [0.25, 0.3) is 0 Å². The molecule has 0 bridgehead atoms. The first kappa shape index (κ1) is 15.5. The molecule has 0 heterocycles. The van der Waals surface area contributed by atoms with Crippen molar-refractivity contribution in [1.29, 1.82) is 0 Å². The molecule has 0 fully saturated rings. The SMILES string of the molecule is O=C(Oc1ccccc1[N+](=O)[O-])c1ccc(C(F)(F)F)cc1. The van der Waals surface area contributed by atoms with Crippen LogP contribution in [0.25, 0.3) is 0 Å². The Kier molecular flexibility index (Phi) is 4.11. The van der Waals surface area contributed by atoms with Crippen molar-refractivity contribution in [2.45, 2.75) is 6.18 Å². The van der Waals surface area contributed by atoms with Gasteiger partial charge < -0.3 is 4.74 Å². The van der Waals surface area contributed by atoms with Gasteiger partial charge in [-0.15, -0.1) is 0 Å². The number of ether oxygens (including phenoxy) is 1. The first-order valence-electron chi connectivity index (χ1n) is 5.92. The lowest BCUT2D eigenvalue weighted by molar-refractivity contribution is -0.385. The molecular formula is C14H8F3NO4. The molecule has 0 saturated carbocycles. The second kappa shape index (κ2) is 5.84. The normalized spacial score (nSPS) is 11.0. The van der Waals surface area contributed by atoms with Gasteiger partial charge in [0.2, 0.25) is 5.75 Å². The van der Waals surface area contributed by atoms with Crippen molar-refractivity contribution in [3.05, 3.63) is 69.8 Å². The Morgan fingerprint density at radius 3 is 2.18 bits per heavy atom. The lowest BCUT2D eigenvalue weighted by atomic mass is 10.1. The maximum absolute atomic E-state index is 12.4. The molecule has 22 heavy (non-hydrogen) atoms. The van der Waals surface area contributed by atoms with Gasteiger partial charge in [-0.2, -0.15) is 13.2 Å². The van der Waals surface area contributed by atoms with Crippen molar-refractivity contribution in [2.24, 2.45) is 0 Å². The first-order valence-corrected chi connectivity index (χ1v) is 5.92. The van der Waals surface area contributed by atoms with Gasteiger partial charge in [0.15, 0.2) is 0 Å². The van der Waals surface area contributed by atoms with Crippen LogP contribution in [0.15, 0.2) is 48.5 Å². The molecule has 0 amide bonds. The quantitative estimate of drug-likeness (QED) is 0.374. The number of carbonyl (C=O) groups excluding carboxylic acids is 1. The highest BCUT2D eigenvalue weighted by Crippen LogP contribution is 2.30. The zero-order chi connectivity index (χ0) is 16.3. The minimum absolute atomic E-state index is 0.147. The van der Waals surface area contributed by atoms with E-state index >= 15 is 0 Å². The minimum atomic E-state index is -4.51. The van der Waals surface area contributed by atoms with E-state index in [-0.39, 0.29) is 11.3 Å². The highest BCUT2D eigenvalue weighted by Gasteiger charge is 2.30. The van der Waals surface area contributed by atoms with Crippen LogP contribution in [0.3, 0.4) is 0 Å². The van der Waals surface area contributed by atoms with Crippen LogP contribution in [0.5, 0.6) is 5.75 Å². The van der Waals surface area contributed by atoms with E-state index in [0.717, 1.165) is 30.3 Å². The third-order valence-corrected chi connectivity index (χ3v) is 2.71. The summed E-state index contributed by atoms with van der Waals surface area (Å²) in [5, 5.41) is 10.8. The molecule has 0 aliphatic heterocycles. The zero-order valence-electron chi connectivity index (χ0n) is 10.8. The number of nitrogens with zero attached hydrogens (tertiary/aromatic N) is 1. The topological polar surface area (TPSA) is 69.4 Å². The molecule has 114 valence electrons. The smallest absolute Gasteiger partial charge is 0.416 e. The monoisotopic (exact) mass is 311 g/mol. The Labute approximate surface area is 122 Å². The molecule has 0 N–H and O–H groups in total. The van der Waals surface area contributed by atoms with E-state index < -0.39 is 28.3 Å². The molecule has 2 aromatic carbocycles. The third kappa shape index (κ3) is 3.40. The molecule has 0 unspecified atom stereocenters. The van der Waals surface area contributed by atoms with Crippen molar-refractivity contribution in [3.8, 4) is 5.75 Å². The maximum Gasteiger partial charge on any atom is 0.416 e. The van der Waals surface area contributed by atoms with Gasteiger partial charge in [0.05, 0.1) is 16.1 Å². The Hall–Kier alpha value is -2.90. The van der Waals surface area contributed by atoms with E-state index in [4.69, 9.17) is 4.74 Å². The van der Waals surface area contributed by atoms with Gasteiger partial charge in [0, 0.05) is 6.07 Å². The van der Waals surface area contributed by atoms with E-state index in [0.29, 0.717) is 0 Å². The fourth-order valence-corrected chi connectivity index (χ4v) is 1.65. The number of esters is 1. The van der Waals surface area contributed by atoms with Crippen LogP contribution < -0.4 is 4.74 Å². The summed E-state index contributed by atoms with van der Waals surface area (Å²) in [5.74, 6) is -1.26. The molecule has 2 rings (SSSR count). The predicted octanol–water partition coefficient (Wildman–Crippen LogP) is 3.83. The molecule has 0 aliphatic rings. The highest BCUT2D eigenvalue weighted by atomic mass is 19.4. The van der Waals surface area contributed by atoms with Crippen molar-refractivity contribution >= 4 is 11.7 Å². The average Bonchev–Trinajstić information content (AvgIpc) is 2.46. The van der Waals surface area contributed by atoms with Crippen LogP contribution >= 0.6 is 0 Å². The zero-order valence-corrected chi connectivity index (χ0v) is 10.8. The van der Waals surface area contributed by atoms with Crippen LogP contribution in [0, 0.1) is 10.1 Å². The Morgan fingerprint density at radius 1 is 1.05 bits per heavy atom. The Balaban J connectivity index is 2.22. The number of para-hydroxylation sites is 2. The van der Waals surface area contributed by atoms with E-state index in [2.05, 4.69) is 0 Å². The third-order valence-electron chi connectivity index (χ3n) is 2.71. The van der Waals surface area contributed by atoms with Crippen LogP contribution in [0.1, 0.15) is 15.9 Å². The van der Waals surface area contributed by atoms with E-state index in [1.54, 1.807) is 0 Å². The first-order chi connectivity index (χ1) is 10.3. The summed E-state index contributed by atoms with van der Waals surface area (Å²) in [7, 11) is 0. The molecule has 8 heteroatoms. The van der Waals surface area contributed by atoms with Gasteiger partial charge in [0.1, 0.15) is 0 Å². The molecule has 0 atom stereocenters. The molecule has 2 aromatic rings. The van der Waals surface area contributed by atoms with Crippen LogP contribution in [0.2, 0.25) is 0 Å². The van der Waals surface area contributed by atoms with Crippen molar-refractivity contribution in [2.75, 3.05) is 0 Å². The lowest BCUT2D eigenvalue weighted by Gasteiger charge is -2.08. The minimum Gasteiger partial charge on any atom is -0.416 e. The standard InChI is InChI=1S/C14H8F3NO4/c15-14(16,17)10-7-5-9(6-8-10)13(19)22-12-4-2-1-3-11(12)18(20)21/h1-8H. The second-order valence-electron chi connectivity index (χ2n) is 4.19. The van der Waals surface area contributed by atoms with E-state index in [9.17, 15) is 28.1 Å². The molecule has 0 aliphatic carbocycles. The fourth-order valence-electron chi connectivity index (χ4n) is 1.65. The predicted molar refractivity (Wildman–Crippen MR) is 69.5 cm³/mol. The summed E-state index contributed by atoms with van der Waals surface area (Å²) in [6.45, 7) is 0. The average molecular weight is 311 g/mol. The van der Waals surface area contributed by atoms with Crippen molar-refractivity contribution < 1.29 is 27.6 Å². The van der Waals surface area contributed by atoms with Crippen LogP contribution in [-0.2, 0) is 6.18 Å². The van der Waals surface area contributed by atoms with Gasteiger partial charge in [-0.3, -0.25) is 10.1 Å². The molecule has 0 saturated heterocycles. The van der Waals surface area contributed by atoms with Gasteiger partial charge >= 0.3 is 17.8 Å². The number of carbonyl (C=O) groups is 1. The number of hydrogen-bond acceptors (Lipinski definition) is 4. The fraction of sp³-hybridized carbons (Fsp3) is 0.0714. The summed E-state index contributed by atoms with van der Waals surface area (Å²) < 4.78 is 42.1. The summed E-state index contributed by atoms with van der Waals surface area (Å²) in [6, 6.07) is 8.55. The number of hydrogen-bond donors (Lipinski definition) is 0. The van der Waals surface area contributed by atoms with E-state index in [1.165, 1.54) is 18.2 Å². The molecule has 0 spiro atoms. The summed E-state index contributed by atoms with van der Waals surface area (Å²) in [6.07, 6.45) is -4.51. The van der Waals surface area contributed by atoms with Gasteiger partial charge in [-0.25, -0.2) is 4.79 Å². The lowest BCUT2D eigenvalue weighted by Crippen LogP contribution is -2.11. The van der Waals surface area contributed by atoms with E-state index in [1.807, 2.05) is 0 Å². The number of nitro benzene ring substituents is 1. The Bertz CT molecular complexity index is 711. The van der Waals surface area contributed by atoms with Gasteiger partial charge in [-0.1, -0.05) is 12.1 Å². The van der Waals surface area contributed by atoms with Crippen LogP contribution in [0.4, 0.5) is 18.9 Å². The Morgan fingerprint density at radius 2 is 1.64 bits per heavy atom. The van der Waals surface area contributed by atoms with Crippen LogP contribution in [-0.4, -0.2) is 10.9 Å². The molecular weight excluding hydrogens is 303 g/mol.